The number of carbonyl (C=O) groups excluding carboxylic acids is 2. The Morgan fingerprint density at radius 1 is 1.04 bits per heavy atom. The number of nitrogens with one attached hydrogen (secondary N) is 3. The van der Waals surface area contributed by atoms with Crippen molar-refractivity contribution in [3.63, 3.8) is 0 Å². The average Bonchev–Trinajstić information content (AvgIpc) is 2.60. The molecule has 0 aliphatic heterocycles. The van der Waals surface area contributed by atoms with Gasteiger partial charge >= 0.3 is 0 Å². The molecule has 11 heteroatoms. The van der Waals surface area contributed by atoms with Crippen molar-refractivity contribution in [3.8, 4) is 5.75 Å². The van der Waals surface area contributed by atoms with E-state index in [9.17, 15) is 18.0 Å². The van der Waals surface area contributed by atoms with Crippen LogP contribution in [0.25, 0.3) is 0 Å². The van der Waals surface area contributed by atoms with E-state index in [4.69, 9.17) is 22.1 Å². The van der Waals surface area contributed by atoms with Crippen molar-refractivity contribution in [2.45, 2.75) is 11.8 Å². The highest BCUT2D eigenvalue weighted by atomic mass is 32.2. The summed E-state index contributed by atoms with van der Waals surface area (Å²) >= 11 is 5.10. The topological polar surface area (TPSA) is 140 Å². The van der Waals surface area contributed by atoms with E-state index in [2.05, 4.69) is 16.0 Å². The first-order valence-corrected chi connectivity index (χ1v) is 9.76. The number of thiocarbonyl (C=S) groups is 1. The molecule has 0 atom stereocenters. The number of nitrogens with two attached hydrogens (primary N) is 1. The number of rotatable bonds is 5. The van der Waals surface area contributed by atoms with E-state index in [1.54, 1.807) is 6.07 Å². The predicted octanol–water partition coefficient (Wildman–Crippen LogP) is 1.43. The van der Waals surface area contributed by atoms with Crippen LogP contribution in [-0.4, -0.2) is 32.5 Å². The Kier molecular flexibility index (Phi) is 6.67. The van der Waals surface area contributed by atoms with Crippen molar-refractivity contribution in [2.75, 3.05) is 17.7 Å². The highest BCUT2D eigenvalue weighted by Crippen LogP contribution is 2.23. The standard InChI is InChI=1S/C17H18N4O5S2/c1-10(22)19-12-5-8-14(15(9-12)26-2)16(23)21-17(27)20-11-3-6-13(7-4-11)28(18,24)25/h3-9H,1-2H3,(H,19,22)(H2,18,24,25)(H2,20,21,23,27). The molecule has 0 fully saturated rings. The summed E-state index contributed by atoms with van der Waals surface area (Å²) < 4.78 is 27.7. The number of ether oxygens (including phenoxy) is 1. The van der Waals surface area contributed by atoms with Crippen molar-refractivity contribution < 1.29 is 22.7 Å². The summed E-state index contributed by atoms with van der Waals surface area (Å²) in [5, 5.41) is 12.9. The molecule has 0 saturated heterocycles. The Balaban J connectivity index is 2.07. The summed E-state index contributed by atoms with van der Waals surface area (Å²) in [5.41, 5.74) is 1.16. The van der Waals surface area contributed by atoms with Gasteiger partial charge in [-0.15, -0.1) is 0 Å². The molecule has 2 rings (SSSR count). The van der Waals surface area contributed by atoms with Gasteiger partial charge in [0.05, 0.1) is 17.6 Å². The Hall–Kier alpha value is -3.02. The van der Waals surface area contributed by atoms with Crippen LogP contribution in [0.5, 0.6) is 5.75 Å². The summed E-state index contributed by atoms with van der Waals surface area (Å²) in [5.74, 6) is -0.521. The number of methoxy groups -OCH3 is 1. The zero-order valence-corrected chi connectivity index (χ0v) is 16.6. The number of primary sulfonamides is 1. The monoisotopic (exact) mass is 422 g/mol. The maximum absolute atomic E-state index is 12.4. The smallest absolute Gasteiger partial charge is 0.261 e. The van der Waals surface area contributed by atoms with Crippen LogP contribution >= 0.6 is 12.2 Å². The fourth-order valence-corrected chi connectivity index (χ4v) is 2.95. The molecule has 2 aromatic rings. The molecular weight excluding hydrogens is 404 g/mol. The van der Waals surface area contributed by atoms with E-state index in [-0.39, 0.29) is 27.2 Å². The van der Waals surface area contributed by atoms with E-state index in [1.807, 2.05) is 0 Å². The van der Waals surface area contributed by atoms with E-state index in [1.165, 1.54) is 50.4 Å². The normalized spacial score (nSPS) is 10.7. The van der Waals surface area contributed by atoms with E-state index in [0.29, 0.717) is 11.4 Å². The fourth-order valence-electron chi connectivity index (χ4n) is 2.22. The lowest BCUT2D eigenvalue weighted by molar-refractivity contribution is -0.114. The second kappa shape index (κ2) is 8.78. The Bertz CT molecular complexity index is 1020. The second-order valence-corrected chi connectivity index (χ2v) is 7.54. The molecule has 28 heavy (non-hydrogen) atoms. The van der Waals surface area contributed by atoms with Gasteiger partial charge in [-0.1, -0.05) is 0 Å². The SMILES string of the molecule is COc1cc(NC(C)=O)ccc1C(=O)NC(=S)Nc1ccc(S(N)(=O)=O)cc1. The third-order valence-corrected chi connectivity index (χ3v) is 4.57. The van der Waals surface area contributed by atoms with Crippen molar-refractivity contribution in [1.29, 1.82) is 0 Å². The molecule has 0 radical (unpaired) electrons. The van der Waals surface area contributed by atoms with Crippen LogP contribution in [0, 0.1) is 0 Å². The maximum Gasteiger partial charge on any atom is 0.261 e. The van der Waals surface area contributed by atoms with Crippen LogP contribution in [0.1, 0.15) is 17.3 Å². The average molecular weight is 422 g/mol. The Morgan fingerprint density at radius 3 is 2.18 bits per heavy atom. The summed E-state index contributed by atoms with van der Waals surface area (Å²) in [6.07, 6.45) is 0. The quantitative estimate of drug-likeness (QED) is 0.534. The number of carbonyl (C=O) groups is 2. The van der Waals surface area contributed by atoms with Crippen molar-refractivity contribution in [1.82, 2.24) is 5.32 Å². The van der Waals surface area contributed by atoms with E-state index < -0.39 is 15.9 Å². The molecule has 0 saturated carbocycles. The van der Waals surface area contributed by atoms with Crippen LogP contribution in [0.4, 0.5) is 11.4 Å². The van der Waals surface area contributed by atoms with Gasteiger partial charge in [-0.25, -0.2) is 13.6 Å². The molecule has 9 nitrogen and oxygen atoms in total. The highest BCUT2D eigenvalue weighted by Gasteiger charge is 2.15. The lowest BCUT2D eigenvalue weighted by Gasteiger charge is -2.13. The van der Waals surface area contributed by atoms with Crippen LogP contribution in [-0.2, 0) is 14.8 Å². The zero-order valence-electron chi connectivity index (χ0n) is 15.0. The molecule has 0 aromatic heterocycles. The molecule has 5 N–H and O–H groups in total. The highest BCUT2D eigenvalue weighted by molar-refractivity contribution is 7.89. The van der Waals surface area contributed by atoms with Gasteiger partial charge in [-0.05, 0) is 48.6 Å². The van der Waals surface area contributed by atoms with Crippen molar-refractivity contribution in [2.24, 2.45) is 5.14 Å². The van der Waals surface area contributed by atoms with Crippen LogP contribution in [0.2, 0.25) is 0 Å². The molecule has 0 unspecified atom stereocenters. The predicted molar refractivity (Wildman–Crippen MR) is 109 cm³/mol. The van der Waals surface area contributed by atoms with Gasteiger partial charge in [0.15, 0.2) is 5.11 Å². The third kappa shape index (κ3) is 5.74. The minimum Gasteiger partial charge on any atom is -0.496 e. The van der Waals surface area contributed by atoms with Gasteiger partial charge < -0.3 is 15.4 Å². The number of amides is 2. The van der Waals surface area contributed by atoms with Gasteiger partial charge in [0.1, 0.15) is 5.75 Å². The lowest BCUT2D eigenvalue weighted by atomic mass is 10.1. The summed E-state index contributed by atoms with van der Waals surface area (Å²) in [6.45, 7) is 1.37. The largest absolute Gasteiger partial charge is 0.496 e. The summed E-state index contributed by atoms with van der Waals surface area (Å²) in [7, 11) is -2.40. The van der Waals surface area contributed by atoms with Gasteiger partial charge in [0, 0.05) is 24.4 Å². The van der Waals surface area contributed by atoms with Gasteiger partial charge in [-0.3, -0.25) is 14.9 Å². The van der Waals surface area contributed by atoms with Crippen molar-refractivity contribution in [3.05, 3.63) is 48.0 Å². The first-order valence-electron chi connectivity index (χ1n) is 7.81. The first kappa shape index (κ1) is 21.3. The molecule has 148 valence electrons. The second-order valence-electron chi connectivity index (χ2n) is 5.57. The molecule has 0 aliphatic carbocycles. The van der Waals surface area contributed by atoms with Crippen molar-refractivity contribution >= 4 is 50.5 Å². The summed E-state index contributed by atoms with van der Waals surface area (Å²) in [6, 6.07) is 10.1. The summed E-state index contributed by atoms with van der Waals surface area (Å²) in [4.78, 5) is 23.5. The number of hydrogen-bond donors (Lipinski definition) is 4. The molecule has 2 aromatic carbocycles. The van der Waals surface area contributed by atoms with E-state index >= 15 is 0 Å². The van der Waals surface area contributed by atoms with Gasteiger partial charge in [0.25, 0.3) is 5.91 Å². The molecule has 0 spiro atoms. The number of hydrogen-bond acceptors (Lipinski definition) is 6. The molecule has 0 heterocycles. The Labute approximate surface area is 167 Å². The fraction of sp³-hybridized carbons (Fsp3) is 0.118. The maximum atomic E-state index is 12.4. The molecular formula is C17H18N4O5S2. The molecule has 0 bridgehead atoms. The Morgan fingerprint density at radius 2 is 1.64 bits per heavy atom. The zero-order chi connectivity index (χ0) is 20.9. The molecule has 0 aliphatic rings. The van der Waals surface area contributed by atoms with E-state index in [0.717, 1.165) is 0 Å². The number of benzene rings is 2. The number of sulfonamides is 1. The van der Waals surface area contributed by atoms with Gasteiger partial charge in [0.2, 0.25) is 15.9 Å². The minimum absolute atomic E-state index is 0.00125. The van der Waals surface area contributed by atoms with Crippen LogP contribution in [0.15, 0.2) is 47.4 Å². The molecule has 2 amide bonds. The lowest BCUT2D eigenvalue weighted by Crippen LogP contribution is -2.34. The minimum atomic E-state index is -3.79. The third-order valence-electron chi connectivity index (χ3n) is 3.43. The van der Waals surface area contributed by atoms with Crippen LogP contribution in [0.3, 0.4) is 0 Å². The van der Waals surface area contributed by atoms with Crippen LogP contribution < -0.4 is 25.8 Å². The van der Waals surface area contributed by atoms with Gasteiger partial charge in [-0.2, -0.15) is 0 Å². The first-order chi connectivity index (χ1) is 13.1. The number of anilines is 2.